The van der Waals surface area contributed by atoms with Gasteiger partial charge in [0.15, 0.2) is 11.7 Å². The van der Waals surface area contributed by atoms with Crippen molar-refractivity contribution in [3.8, 4) is 11.3 Å². The summed E-state index contributed by atoms with van der Waals surface area (Å²) in [4.78, 5) is 27.9. The highest BCUT2D eigenvalue weighted by molar-refractivity contribution is 5.92. The zero-order valence-corrected chi connectivity index (χ0v) is 18.3. The number of alkyl halides is 2. The summed E-state index contributed by atoms with van der Waals surface area (Å²) in [7, 11) is 0. The third kappa shape index (κ3) is 4.39. The number of anilines is 1. The molecule has 2 aliphatic rings. The van der Waals surface area contributed by atoms with Gasteiger partial charge >= 0.3 is 6.03 Å². The average molecular weight is 456 g/mol. The summed E-state index contributed by atoms with van der Waals surface area (Å²) in [5, 5.41) is 6.80. The summed E-state index contributed by atoms with van der Waals surface area (Å²) in [6.07, 6.45) is 8.14. The molecule has 5 heterocycles. The quantitative estimate of drug-likeness (QED) is 0.582. The van der Waals surface area contributed by atoms with E-state index in [1.165, 1.54) is 0 Å². The molecule has 3 aromatic rings. The Morgan fingerprint density at radius 1 is 1.12 bits per heavy atom. The Morgan fingerprint density at radius 3 is 2.55 bits per heavy atom. The van der Waals surface area contributed by atoms with Gasteiger partial charge in [-0.25, -0.2) is 23.5 Å². The van der Waals surface area contributed by atoms with Crippen LogP contribution in [0.5, 0.6) is 0 Å². The number of hydrogen-bond donors (Lipinski definition) is 2. The van der Waals surface area contributed by atoms with E-state index in [2.05, 4.69) is 25.6 Å². The first-order chi connectivity index (χ1) is 16.0. The van der Waals surface area contributed by atoms with Crippen LogP contribution in [0.3, 0.4) is 0 Å². The number of nitrogens with one attached hydrogen (secondary N) is 2. The number of aromatic nitrogens is 3. The molecular weight excluding hydrogens is 430 g/mol. The maximum absolute atomic E-state index is 13.1. The van der Waals surface area contributed by atoms with Gasteiger partial charge < -0.3 is 14.6 Å². The van der Waals surface area contributed by atoms with Crippen LogP contribution in [-0.2, 0) is 0 Å². The fourth-order valence-electron chi connectivity index (χ4n) is 5.01. The molecule has 0 unspecified atom stereocenters. The first-order valence-electron chi connectivity index (χ1n) is 11.2. The molecule has 33 heavy (non-hydrogen) atoms. The Balaban J connectivity index is 1.29. The molecule has 5 rings (SSSR count). The summed E-state index contributed by atoms with van der Waals surface area (Å²) >= 11 is 0. The summed E-state index contributed by atoms with van der Waals surface area (Å²) < 4.78 is 31.4. The van der Waals surface area contributed by atoms with Crippen LogP contribution >= 0.6 is 0 Å². The van der Waals surface area contributed by atoms with Crippen molar-refractivity contribution in [2.75, 3.05) is 18.7 Å². The number of carbonyl (C=O) groups is 1. The van der Waals surface area contributed by atoms with Crippen molar-refractivity contribution in [2.45, 2.75) is 56.8 Å². The minimum absolute atomic E-state index is 0.0195. The second-order valence-corrected chi connectivity index (χ2v) is 8.79. The van der Waals surface area contributed by atoms with E-state index in [1.807, 2.05) is 11.0 Å². The number of piperidine rings is 1. The highest BCUT2D eigenvalue weighted by Crippen LogP contribution is 2.36. The lowest BCUT2D eigenvalue weighted by atomic mass is 9.97. The van der Waals surface area contributed by atoms with Gasteiger partial charge in [-0.3, -0.25) is 10.3 Å². The summed E-state index contributed by atoms with van der Waals surface area (Å²) in [6.45, 7) is 0.321. The molecule has 3 aromatic heterocycles. The molecule has 0 aliphatic carbocycles. The zero-order valence-electron chi connectivity index (χ0n) is 18.3. The Kier molecular flexibility index (Phi) is 5.92. The normalized spacial score (nSPS) is 22.3. The van der Waals surface area contributed by atoms with E-state index in [1.54, 1.807) is 31.6 Å². The van der Waals surface area contributed by atoms with Crippen LogP contribution in [0.15, 0.2) is 35.1 Å². The van der Waals surface area contributed by atoms with Crippen LogP contribution in [0.4, 0.5) is 19.4 Å². The minimum atomic E-state index is -0.768. The summed E-state index contributed by atoms with van der Waals surface area (Å²) in [5.41, 5.74) is 1.49. The molecule has 8 nitrogen and oxygen atoms in total. The molecule has 2 bridgehead atoms. The lowest BCUT2D eigenvalue weighted by Gasteiger charge is -2.39. The van der Waals surface area contributed by atoms with E-state index in [0.29, 0.717) is 35.8 Å². The van der Waals surface area contributed by atoms with Crippen molar-refractivity contribution in [3.63, 3.8) is 0 Å². The van der Waals surface area contributed by atoms with Crippen LogP contribution in [0.1, 0.15) is 31.6 Å². The van der Waals surface area contributed by atoms with E-state index in [-0.39, 0.29) is 24.2 Å². The minimum Gasteiger partial charge on any atom is -0.441 e. The molecule has 0 radical (unpaired) electrons. The van der Waals surface area contributed by atoms with E-state index in [4.69, 9.17) is 4.42 Å². The van der Waals surface area contributed by atoms with Crippen LogP contribution in [0.25, 0.3) is 22.2 Å². The monoisotopic (exact) mass is 456 g/mol. The van der Waals surface area contributed by atoms with E-state index >= 15 is 0 Å². The molecule has 2 amide bonds. The van der Waals surface area contributed by atoms with Crippen molar-refractivity contribution in [1.82, 2.24) is 25.2 Å². The molecule has 0 saturated carbocycles. The molecule has 2 saturated heterocycles. The van der Waals surface area contributed by atoms with Crippen LogP contribution in [0, 0.1) is 6.92 Å². The van der Waals surface area contributed by atoms with Gasteiger partial charge in [-0.15, -0.1) is 0 Å². The fourth-order valence-corrected chi connectivity index (χ4v) is 5.01. The number of fused-ring (bicyclic) bond motifs is 3. The maximum atomic E-state index is 13.1. The number of pyridine rings is 2. The van der Waals surface area contributed by atoms with Crippen molar-refractivity contribution in [1.29, 1.82) is 0 Å². The predicted molar refractivity (Wildman–Crippen MR) is 119 cm³/mol. The maximum Gasteiger partial charge on any atom is 0.323 e. The largest absolute Gasteiger partial charge is 0.441 e. The highest BCUT2D eigenvalue weighted by atomic mass is 19.1. The van der Waals surface area contributed by atoms with E-state index < -0.39 is 19.4 Å². The average Bonchev–Trinajstić information content (AvgIpc) is 3.37. The number of hydrogen-bond acceptors (Lipinski definition) is 6. The third-order valence-electron chi connectivity index (χ3n) is 6.52. The van der Waals surface area contributed by atoms with Gasteiger partial charge in [0, 0.05) is 42.2 Å². The molecule has 2 fully saturated rings. The number of amides is 2. The first-order valence-corrected chi connectivity index (χ1v) is 11.2. The molecule has 174 valence electrons. The Labute approximate surface area is 189 Å². The Hall–Kier alpha value is -3.14. The van der Waals surface area contributed by atoms with Gasteiger partial charge in [-0.1, -0.05) is 0 Å². The van der Waals surface area contributed by atoms with Crippen molar-refractivity contribution >= 4 is 22.8 Å². The molecule has 3 atom stereocenters. The molecule has 2 aliphatic heterocycles. The molecule has 2 N–H and O–H groups in total. The van der Waals surface area contributed by atoms with Gasteiger partial charge in [0.1, 0.15) is 19.2 Å². The topological polar surface area (TPSA) is 96.2 Å². The van der Waals surface area contributed by atoms with E-state index in [9.17, 15) is 13.6 Å². The number of nitrogens with zero attached hydrogens (tertiary/aromatic N) is 4. The number of aryl methyl sites for hydroxylation is 1. The molecular formula is C23H26F2N6O2. The Morgan fingerprint density at radius 2 is 1.88 bits per heavy atom. The van der Waals surface area contributed by atoms with Crippen LogP contribution in [-0.4, -0.2) is 63.4 Å². The molecule has 0 spiro atoms. The van der Waals surface area contributed by atoms with Gasteiger partial charge in [0.2, 0.25) is 0 Å². The second-order valence-electron chi connectivity index (χ2n) is 8.79. The number of halogens is 2. The number of rotatable bonds is 6. The number of urea groups is 1. The van der Waals surface area contributed by atoms with Crippen LogP contribution < -0.4 is 10.6 Å². The second kappa shape index (κ2) is 9.01. The third-order valence-corrected chi connectivity index (χ3v) is 6.52. The van der Waals surface area contributed by atoms with Gasteiger partial charge in [-0.05, 0) is 37.8 Å². The highest BCUT2D eigenvalue weighted by Gasteiger charge is 2.43. The van der Waals surface area contributed by atoms with Gasteiger partial charge in [0.25, 0.3) is 0 Å². The standard InChI is InChI=1S/C23H26F2N6O2/c1-13-26-12-21(33-13)15-4-14-5-22(28-11-20(14)27-10-15)30-23(32)31-18-2-3-19(31)7-16(6-18)29-17(8-24)9-25/h4-5,10-12,16-19,29H,2-3,6-9H2,1H3,(H,28,30,32)/t16-,18+,19-. The van der Waals surface area contributed by atoms with Crippen molar-refractivity contribution in [3.05, 3.63) is 36.6 Å². The van der Waals surface area contributed by atoms with Crippen LogP contribution in [0.2, 0.25) is 0 Å². The van der Waals surface area contributed by atoms with Crippen molar-refractivity contribution < 1.29 is 18.0 Å². The predicted octanol–water partition coefficient (Wildman–Crippen LogP) is 4.02. The number of oxazole rings is 1. The van der Waals surface area contributed by atoms with E-state index in [0.717, 1.165) is 23.8 Å². The molecule has 0 aromatic carbocycles. The smallest absolute Gasteiger partial charge is 0.323 e. The zero-order chi connectivity index (χ0) is 22.9. The summed E-state index contributed by atoms with van der Waals surface area (Å²) in [6, 6.07) is 2.86. The lowest BCUT2D eigenvalue weighted by Crippen LogP contribution is -2.54. The van der Waals surface area contributed by atoms with Gasteiger partial charge in [-0.2, -0.15) is 0 Å². The summed E-state index contributed by atoms with van der Waals surface area (Å²) in [5.74, 6) is 1.64. The lowest BCUT2D eigenvalue weighted by molar-refractivity contribution is 0.133. The van der Waals surface area contributed by atoms with Gasteiger partial charge in [0.05, 0.1) is 24.0 Å². The SMILES string of the molecule is Cc1ncc(-c2cnc3cnc(NC(=O)N4[C@@H]5CC[C@H]4C[C@@H](NC(CF)CF)C5)cc3c2)o1. The number of carbonyl (C=O) groups excluding carboxylic acids is 1. The first kappa shape index (κ1) is 21.7. The molecule has 10 heteroatoms. The Bertz CT molecular complexity index is 1140. The van der Waals surface area contributed by atoms with Crippen molar-refractivity contribution in [2.24, 2.45) is 0 Å². The fraction of sp³-hybridized carbons (Fsp3) is 0.478.